The van der Waals surface area contributed by atoms with Gasteiger partial charge in [0.2, 0.25) is 0 Å². The summed E-state index contributed by atoms with van der Waals surface area (Å²) in [7, 11) is 3.77. The van der Waals surface area contributed by atoms with Crippen LogP contribution in [0.1, 0.15) is 40.0 Å². The van der Waals surface area contributed by atoms with E-state index in [1.807, 2.05) is 46.0 Å². The summed E-state index contributed by atoms with van der Waals surface area (Å²) < 4.78 is 11.0. The Hall–Kier alpha value is -1.72. The van der Waals surface area contributed by atoms with Crippen LogP contribution in [0, 0.1) is 0 Å². The van der Waals surface area contributed by atoms with Gasteiger partial charge in [0, 0.05) is 52.6 Å². The number of likely N-dealkylation sites (tertiary alicyclic amines) is 1. The van der Waals surface area contributed by atoms with E-state index in [0.717, 1.165) is 0 Å². The van der Waals surface area contributed by atoms with E-state index < -0.39 is 11.2 Å². The molecule has 2 saturated heterocycles. The number of nitrogens with zero attached hydrogens (tertiary/aromatic N) is 2. The molecule has 6 heteroatoms. The van der Waals surface area contributed by atoms with Crippen molar-refractivity contribution in [3.8, 4) is 0 Å². The quantitative estimate of drug-likeness (QED) is 0.548. The summed E-state index contributed by atoms with van der Waals surface area (Å²) >= 11 is 0. The average molecular weight is 310 g/mol. The summed E-state index contributed by atoms with van der Waals surface area (Å²) in [6.45, 7) is 6.67. The molecule has 2 fully saturated rings. The highest BCUT2D eigenvalue weighted by Gasteiger charge is 2.46. The van der Waals surface area contributed by atoms with Crippen molar-refractivity contribution < 1.29 is 19.1 Å². The van der Waals surface area contributed by atoms with Crippen molar-refractivity contribution in [2.45, 2.75) is 51.2 Å². The number of ether oxygens (including phenoxy) is 2. The maximum absolute atomic E-state index is 12.1. The van der Waals surface area contributed by atoms with Gasteiger partial charge in [-0.1, -0.05) is 0 Å². The highest BCUT2D eigenvalue weighted by atomic mass is 16.6. The van der Waals surface area contributed by atoms with Crippen molar-refractivity contribution in [3.05, 3.63) is 11.8 Å². The lowest BCUT2D eigenvalue weighted by Crippen LogP contribution is -2.48. The maximum atomic E-state index is 12.1. The lowest BCUT2D eigenvalue weighted by Gasteiger charge is -2.38. The molecular formula is C16H26N2O4. The Morgan fingerprint density at radius 3 is 2.41 bits per heavy atom. The Morgan fingerprint density at radius 2 is 1.91 bits per heavy atom. The van der Waals surface area contributed by atoms with E-state index >= 15 is 0 Å². The van der Waals surface area contributed by atoms with Gasteiger partial charge in [0.05, 0.1) is 5.57 Å². The molecule has 6 nitrogen and oxygen atoms in total. The van der Waals surface area contributed by atoms with E-state index in [9.17, 15) is 9.59 Å². The van der Waals surface area contributed by atoms with Gasteiger partial charge in [0.15, 0.2) is 0 Å². The second-order valence-electron chi connectivity index (χ2n) is 7.33. The minimum absolute atomic E-state index is 0.237. The zero-order chi connectivity index (χ0) is 16.5. The van der Waals surface area contributed by atoms with Crippen LogP contribution in [-0.4, -0.2) is 60.2 Å². The third-order valence-electron chi connectivity index (χ3n) is 3.82. The zero-order valence-corrected chi connectivity index (χ0v) is 14.1. The molecule has 1 amide bonds. The van der Waals surface area contributed by atoms with Crippen molar-refractivity contribution in [3.63, 3.8) is 0 Å². The molecule has 1 spiro atoms. The standard InChI is InChI=1S/C16H26N2O4/c1-15(2,3)22-14(20)18-8-6-16(7-9-18)10-12(11-17(4)5)13(19)21-16/h11H,6-10H2,1-5H3/b12-11-. The lowest BCUT2D eigenvalue weighted by atomic mass is 9.87. The van der Waals surface area contributed by atoms with E-state index in [-0.39, 0.29) is 12.1 Å². The van der Waals surface area contributed by atoms with Crippen molar-refractivity contribution in [2.24, 2.45) is 0 Å². The fraction of sp³-hybridized carbons (Fsp3) is 0.750. The first kappa shape index (κ1) is 16.6. The minimum atomic E-state index is -0.492. The molecule has 2 aliphatic heterocycles. The van der Waals surface area contributed by atoms with Crippen LogP contribution in [0.4, 0.5) is 4.79 Å². The van der Waals surface area contributed by atoms with Gasteiger partial charge >= 0.3 is 12.1 Å². The van der Waals surface area contributed by atoms with Gasteiger partial charge in [-0.15, -0.1) is 0 Å². The second kappa shape index (κ2) is 5.82. The van der Waals surface area contributed by atoms with Gasteiger partial charge in [-0.25, -0.2) is 9.59 Å². The molecule has 2 rings (SSSR count). The van der Waals surface area contributed by atoms with E-state index in [0.29, 0.717) is 37.9 Å². The SMILES string of the molecule is CN(C)/C=C1/CC2(CCN(C(=O)OC(C)(C)C)CC2)OC1=O. The monoisotopic (exact) mass is 310 g/mol. The summed E-state index contributed by atoms with van der Waals surface area (Å²) in [5.74, 6) is -0.237. The number of hydrogen-bond donors (Lipinski definition) is 0. The van der Waals surface area contributed by atoms with Crippen LogP contribution in [0.15, 0.2) is 11.8 Å². The Balaban J connectivity index is 1.95. The Kier molecular flexibility index (Phi) is 4.40. The molecule has 0 aromatic heterocycles. The molecule has 124 valence electrons. The molecule has 0 aromatic carbocycles. The van der Waals surface area contributed by atoms with E-state index in [4.69, 9.17) is 9.47 Å². The first-order valence-corrected chi connectivity index (χ1v) is 7.69. The number of amides is 1. The fourth-order valence-electron chi connectivity index (χ4n) is 2.83. The van der Waals surface area contributed by atoms with Crippen LogP contribution in [-0.2, 0) is 14.3 Å². The molecule has 2 aliphatic rings. The maximum Gasteiger partial charge on any atom is 0.410 e. The molecule has 0 saturated carbocycles. The van der Waals surface area contributed by atoms with Gasteiger partial charge < -0.3 is 19.3 Å². The number of carbonyl (C=O) groups is 2. The van der Waals surface area contributed by atoms with Crippen LogP contribution < -0.4 is 0 Å². The van der Waals surface area contributed by atoms with Crippen molar-refractivity contribution in [1.82, 2.24) is 9.80 Å². The van der Waals surface area contributed by atoms with Crippen LogP contribution in [0.5, 0.6) is 0 Å². The molecule has 0 N–H and O–H groups in total. The normalized spacial score (nSPS) is 22.9. The number of hydrogen-bond acceptors (Lipinski definition) is 5. The molecule has 0 atom stereocenters. The third kappa shape index (κ3) is 3.93. The summed E-state index contributed by atoms with van der Waals surface area (Å²) in [6, 6.07) is 0. The number of piperidine rings is 1. The molecule has 0 radical (unpaired) electrons. The Bertz CT molecular complexity index is 483. The van der Waals surface area contributed by atoms with Crippen molar-refractivity contribution in [1.29, 1.82) is 0 Å². The van der Waals surface area contributed by atoms with Crippen molar-refractivity contribution >= 4 is 12.1 Å². The molecular weight excluding hydrogens is 284 g/mol. The molecule has 0 bridgehead atoms. The van der Waals surface area contributed by atoms with Gasteiger partial charge in [-0.2, -0.15) is 0 Å². The van der Waals surface area contributed by atoms with Gasteiger partial charge in [-0.3, -0.25) is 0 Å². The predicted octanol–water partition coefficient (Wildman–Crippen LogP) is 2.15. The highest BCUT2D eigenvalue weighted by molar-refractivity contribution is 5.91. The number of carbonyl (C=O) groups excluding carboxylic acids is 2. The second-order valence-corrected chi connectivity index (χ2v) is 7.33. The van der Waals surface area contributed by atoms with Gasteiger partial charge in [-0.05, 0) is 20.8 Å². The van der Waals surface area contributed by atoms with Crippen LogP contribution in [0.2, 0.25) is 0 Å². The molecule has 22 heavy (non-hydrogen) atoms. The highest BCUT2D eigenvalue weighted by Crippen LogP contribution is 2.39. The van der Waals surface area contributed by atoms with E-state index in [1.54, 1.807) is 4.90 Å². The van der Waals surface area contributed by atoms with E-state index in [2.05, 4.69) is 0 Å². The van der Waals surface area contributed by atoms with Crippen LogP contribution >= 0.6 is 0 Å². The average Bonchev–Trinajstić information content (AvgIpc) is 2.63. The fourth-order valence-corrected chi connectivity index (χ4v) is 2.83. The van der Waals surface area contributed by atoms with E-state index in [1.165, 1.54) is 0 Å². The Morgan fingerprint density at radius 1 is 1.32 bits per heavy atom. The summed E-state index contributed by atoms with van der Waals surface area (Å²) in [5.41, 5.74) is -0.235. The molecule has 0 unspecified atom stereocenters. The molecule has 2 heterocycles. The molecule has 0 aromatic rings. The van der Waals surface area contributed by atoms with Gasteiger partial charge in [0.1, 0.15) is 11.2 Å². The first-order valence-electron chi connectivity index (χ1n) is 7.69. The van der Waals surface area contributed by atoms with Crippen molar-refractivity contribution in [2.75, 3.05) is 27.2 Å². The number of esters is 1. The van der Waals surface area contributed by atoms with Crippen LogP contribution in [0.25, 0.3) is 0 Å². The zero-order valence-electron chi connectivity index (χ0n) is 14.1. The van der Waals surface area contributed by atoms with Gasteiger partial charge in [0.25, 0.3) is 0 Å². The molecule has 0 aliphatic carbocycles. The Labute approximate surface area is 132 Å². The largest absolute Gasteiger partial charge is 0.455 e. The first-order chi connectivity index (χ1) is 10.1. The minimum Gasteiger partial charge on any atom is -0.455 e. The summed E-state index contributed by atoms with van der Waals surface area (Å²) in [4.78, 5) is 27.6. The summed E-state index contributed by atoms with van der Waals surface area (Å²) in [6.07, 6.45) is 3.45. The smallest absolute Gasteiger partial charge is 0.410 e. The lowest BCUT2D eigenvalue weighted by molar-refractivity contribution is -0.149. The predicted molar refractivity (Wildman–Crippen MR) is 82.3 cm³/mol. The number of rotatable bonds is 1. The summed E-state index contributed by atoms with van der Waals surface area (Å²) in [5, 5.41) is 0. The van der Waals surface area contributed by atoms with Crippen LogP contribution in [0.3, 0.4) is 0 Å². The topological polar surface area (TPSA) is 59.1 Å². The third-order valence-corrected chi connectivity index (χ3v) is 3.82.